The van der Waals surface area contributed by atoms with E-state index in [1.165, 1.54) is 36.8 Å². The van der Waals surface area contributed by atoms with Crippen molar-refractivity contribution in [3.63, 3.8) is 0 Å². The van der Waals surface area contributed by atoms with Crippen LogP contribution in [0.4, 0.5) is 4.79 Å². The highest BCUT2D eigenvalue weighted by molar-refractivity contribution is 8.00. The molecular weight excluding hydrogens is 584 g/mol. The van der Waals surface area contributed by atoms with Crippen LogP contribution in [0.5, 0.6) is 0 Å². The molecule has 232 valence electrons. The van der Waals surface area contributed by atoms with Gasteiger partial charge in [-0.15, -0.1) is 11.8 Å². The first-order valence-corrected chi connectivity index (χ1v) is 14.6. The van der Waals surface area contributed by atoms with Crippen LogP contribution in [0.2, 0.25) is 0 Å². The van der Waals surface area contributed by atoms with Crippen molar-refractivity contribution in [1.29, 1.82) is 0 Å². The van der Waals surface area contributed by atoms with Crippen molar-refractivity contribution in [2.24, 2.45) is 0 Å². The number of carbonyl (C=O) groups is 6. The highest BCUT2D eigenvalue weighted by Gasteiger charge is 2.55. The summed E-state index contributed by atoms with van der Waals surface area (Å²) in [6.07, 6.45) is 5.05. The number of nitrogens with one attached hydrogen (secondary N) is 3. The van der Waals surface area contributed by atoms with Gasteiger partial charge in [0.25, 0.3) is 5.91 Å². The minimum absolute atomic E-state index is 0.114. The molecule has 4 aliphatic rings. The van der Waals surface area contributed by atoms with Gasteiger partial charge in [-0.05, 0) is 56.4 Å². The number of hydrogen-bond donors (Lipinski definition) is 3. The van der Waals surface area contributed by atoms with E-state index in [1.54, 1.807) is 33.1 Å². The van der Waals surface area contributed by atoms with E-state index in [2.05, 4.69) is 16.0 Å². The van der Waals surface area contributed by atoms with Crippen LogP contribution in [0, 0.1) is 0 Å². The highest BCUT2D eigenvalue weighted by Crippen LogP contribution is 2.41. The van der Waals surface area contributed by atoms with Crippen molar-refractivity contribution in [3.05, 3.63) is 46.6 Å². The summed E-state index contributed by atoms with van der Waals surface area (Å²) in [4.78, 5) is 76.7. The fraction of sp³-hybridized carbons (Fsp3) is 0.500. The smallest absolute Gasteiger partial charge is 0.408 e. The van der Waals surface area contributed by atoms with Gasteiger partial charge >= 0.3 is 18.0 Å². The van der Waals surface area contributed by atoms with E-state index in [-0.39, 0.29) is 18.1 Å². The molecule has 43 heavy (non-hydrogen) atoms. The number of esters is 2. The summed E-state index contributed by atoms with van der Waals surface area (Å²) in [5, 5.41) is 7.05. The van der Waals surface area contributed by atoms with Crippen LogP contribution >= 0.6 is 11.8 Å². The number of β-lactam (4-membered cyclic amide) rings is 1. The molecule has 1 aliphatic carbocycles. The Labute approximate surface area is 252 Å². The van der Waals surface area contributed by atoms with Gasteiger partial charge in [-0.2, -0.15) is 0 Å². The summed E-state index contributed by atoms with van der Waals surface area (Å²) >= 11 is 1.26. The molecule has 0 aromatic carbocycles. The number of nitrogens with zero attached hydrogens (tertiary/aromatic N) is 1. The first-order valence-electron chi connectivity index (χ1n) is 13.5. The van der Waals surface area contributed by atoms with Crippen LogP contribution in [0.15, 0.2) is 46.6 Å². The molecule has 0 spiro atoms. The van der Waals surface area contributed by atoms with Crippen LogP contribution in [-0.2, 0) is 42.9 Å². The van der Waals surface area contributed by atoms with Crippen LogP contribution in [0.25, 0.3) is 0 Å². The molecule has 0 radical (unpaired) electrons. The lowest BCUT2D eigenvalue weighted by atomic mass is 9.98. The Bertz CT molecular complexity index is 1360. The quantitative estimate of drug-likeness (QED) is 0.147. The summed E-state index contributed by atoms with van der Waals surface area (Å²) in [7, 11) is 0. The van der Waals surface area contributed by atoms with Crippen molar-refractivity contribution in [3.8, 4) is 0 Å². The van der Waals surface area contributed by atoms with E-state index in [1.807, 2.05) is 0 Å². The Morgan fingerprint density at radius 3 is 2.56 bits per heavy atom. The number of thioether (sulfide) groups is 1. The molecule has 15 heteroatoms. The number of hydrogen-bond acceptors (Lipinski definition) is 11. The SMILES string of the molecule is CC(=O)NCOC(=O)C1=C(COC(C)=O)CSC2C(NC(=O)C(NC(=O)OC(C)(C)C)C3=C4C=COC=C4CC3)C(=O)N12. The summed E-state index contributed by atoms with van der Waals surface area (Å²) in [6, 6.07) is -2.17. The van der Waals surface area contributed by atoms with Gasteiger partial charge in [0.15, 0.2) is 6.73 Å². The second-order valence-electron chi connectivity index (χ2n) is 11.0. The summed E-state index contributed by atoms with van der Waals surface area (Å²) in [5.41, 5.74) is 1.69. The molecule has 0 saturated carbocycles. The minimum Gasteiger partial charge on any atom is -0.472 e. The number of rotatable bonds is 9. The van der Waals surface area contributed by atoms with Gasteiger partial charge in [-0.3, -0.25) is 24.1 Å². The van der Waals surface area contributed by atoms with Gasteiger partial charge in [-0.25, -0.2) is 9.59 Å². The number of amides is 4. The molecular formula is C28H34N4O10S. The maximum absolute atomic E-state index is 13.7. The van der Waals surface area contributed by atoms with Gasteiger partial charge in [0.2, 0.25) is 11.8 Å². The molecule has 3 heterocycles. The second-order valence-corrected chi connectivity index (χ2v) is 12.1. The molecule has 1 fully saturated rings. The normalized spacial score (nSPS) is 21.4. The average molecular weight is 619 g/mol. The van der Waals surface area contributed by atoms with Crippen molar-refractivity contribution in [2.45, 2.75) is 70.5 Å². The van der Waals surface area contributed by atoms with Crippen molar-refractivity contribution in [1.82, 2.24) is 20.9 Å². The predicted molar refractivity (Wildman–Crippen MR) is 151 cm³/mol. The molecule has 3 N–H and O–H groups in total. The van der Waals surface area contributed by atoms with E-state index in [0.717, 1.165) is 11.1 Å². The Balaban J connectivity index is 1.55. The lowest BCUT2D eigenvalue weighted by molar-refractivity contribution is -0.154. The summed E-state index contributed by atoms with van der Waals surface area (Å²) < 4.78 is 20.9. The Morgan fingerprint density at radius 1 is 1.14 bits per heavy atom. The monoisotopic (exact) mass is 618 g/mol. The lowest BCUT2D eigenvalue weighted by Gasteiger charge is -2.49. The first-order chi connectivity index (χ1) is 20.3. The number of alkyl carbamates (subject to hydrolysis) is 1. The van der Waals surface area contributed by atoms with Gasteiger partial charge in [-0.1, -0.05) is 0 Å². The predicted octanol–water partition coefficient (Wildman–Crippen LogP) is 1.25. The van der Waals surface area contributed by atoms with Crippen molar-refractivity contribution in [2.75, 3.05) is 19.1 Å². The fourth-order valence-electron chi connectivity index (χ4n) is 4.83. The topological polar surface area (TPSA) is 179 Å². The second kappa shape index (κ2) is 12.9. The number of carbonyl (C=O) groups excluding carboxylic acids is 6. The largest absolute Gasteiger partial charge is 0.472 e. The van der Waals surface area contributed by atoms with Gasteiger partial charge in [0.05, 0.1) is 12.5 Å². The molecule has 3 unspecified atom stereocenters. The molecule has 3 aliphatic heterocycles. The van der Waals surface area contributed by atoms with E-state index >= 15 is 0 Å². The zero-order valence-corrected chi connectivity index (χ0v) is 25.3. The van der Waals surface area contributed by atoms with E-state index in [0.29, 0.717) is 24.0 Å². The molecule has 0 aromatic rings. The number of allylic oxidation sites excluding steroid dienone is 3. The fourth-order valence-corrected chi connectivity index (χ4v) is 6.15. The van der Waals surface area contributed by atoms with E-state index in [9.17, 15) is 28.8 Å². The number of ether oxygens (including phenoxy) is 4. The minimum atomic E-state index is -1.15. The molecule has 3 atom stereocenters. The summed E-state index contributed by atoms with van der Waals surface area (Å²) in [6.45, 7) is 6.89. The number of fused-ring (bicyclic) bond motifs is 2. The Hall–Kier alpha value is -4.27. The van der Waals surface area contributed by atoms with Crippen LogP contribution in [0.3, 0.4) is 0 Å². The molecule has 1 saturated heterocycles. The molecule has 4 rings (SSSR count). The molecule has 14 nitrogen and oxygen atoms in total. The molecule has 4 amide bonds. The zero-order valence-electron chi connectivity index (χ0n) is 24.4. The third kappa shape index (κ3) is 7.39. The summed E-state index contributed by atoms with van der Waals surface area (Å²) in [5.74, 6) is -2.91. The van der Waals surface area contributed by atoms with E-state index in [4.69, 9.17) is 18.9 Å². The maximum Gasteiger partial charge on any atom is 0.408 e. The standard InChI is InChI=1S/C28H34N4O10S/c1-14(33)29-13-41-26(37)22-17(11-40-15(2)34)12-43-25-21(24(36)32(22)25)30-23(35)20(31-27(38)42-28(3,4)5)19-7-6-16-10-39-9-8-18(16)19/h8-10,20-21,25H,6-7,11-13H2,1-5H3,(H,29,33)(H,30,35)(H,31,38). The third-order valence-electron chi connectivity index (χ3n) is 6.66. The molecule has 0 bridgehead atoms. The van der Waals surface area contributed by atoms with Crippen LogP contribution in [0.1, 0.15) is 47.5 Å². The van der Waals surface area contributed by atoms with Gasteiger partial charge in [0, 0.05) is 25.2 Å². The van der Waals surface area contributed by atoms with Crippen LogP contribution < -0.4 is 16.0 Å². The van der Waals surface area contributed by atoms with Crippen molar-refractivity contribution < 1.29 is 47.7 Å². The average Bonchev–Trinajstić information content (AvgIpc) is 3.35. The Kier molecular flexibility index (Phi) is 9.52. The molecule has 0 aromatic heterocycles. The lowest BCUT2D eigenvalue weighted by Crippen LogP contribution is -2.72. The van der Waals surface area contributed by atoms with Gasteiger partial charge in [0.1, 0.15) is 35.4 Å². The van der Waals surface area contributed by atoms with Crippen LogP contribution in [-0.4, -0.2) is 82.8 Å². The van der Waals surface area contributed by atoms with Gasteiger partial charge < -0.3 is 34.9 Å². The third-order valence-corrected chi connectivity index (χ3v) is 8.00. The zero-order chi connectivity index (χ0) is 31.5. The van der Waals surface area contributed by atoms with E-state index < -0.39 is 65.5 Å². The Morgan fingerprint density at radius 2 is 1.88 bits per heavy atom. The highest BCUT2D eigenvalue weighted by atomic mass is 32.2. The maximum atomic E-state index is 13.7. The first kappa shape index (κ1) is 31.7. The van der Waals surface area contributed by atoms with Crippen molar-refractivity contribution >= 4 is 47.5 Å².